The number of benzene rings is 2. The number of thiazole rings is 1. The average Bonchev–Trinajstić information content (AvgIpc) is 3.23. The van der Waals surface area contributed by atoms with Crippen molar-refractivity contribution in [1.29, 1.82) is 0 Å². The summed E-state index contributed by atoms with van der Waals surface area (Å²) in [6.07, 6.45) is 0. The van der Waals surface area contributed by atoms with E-state index in [4.69, 9.17) is 0 Å². The lowest BCUT2D eigenvalue weighted by Crippen LogP contribution is -2.14. The van der Waals surface area contributed by atoms with Gasteiger partial charge in [-0.3, -0.25) is 9.36 Å². The van der Waals surface area contributed by atoms with Gasteiger partial charge in [-0.05, 0) is 63.1 Å². The number of nitrogens with one attached hydrogen (secondary N) is 1. The van der Waals surface area contributed by atoms with Gasteiger partial charge in [-0.25, -0.2) is 4.98 Å². The van der Waals surface area contributed by atoms with Crippen molar-refractivity contribution >= 4 is 44.9 Å². The lowest BCUT2D eigenvalue weighted by atomic mass is 10.1. The van der Waals surface area contributed by atoms with Crippen molar-refractivity contribution in [3.8, 4) is 5.69 Å². The number of nitrogens with zero attached hydrogens (tertiary/aromatic N) is 4. The Bertz CT molecular complexity index is 1210. The van der Waals surface area contributed by atoms with E-state index in [1.54, 1.807) is 11.3 Å². The van der Waals surface area contributed by atoms with E-state index in [0.29, 0.717) is 5.16 Å². The molecule has 0 bridgehead atoms. The van der Waals surface area contributed by atoms with Crippen LogP contribution in [0.15, 0.2) is 41.6 Å². The zero-order valence-electron chi connectivity index (χ0n) is 16.7. The Balaban J connectivity index is 1.49. The van der Waals surface area contributed by atoms with Gasteiger partial charge in [0.1, 0.15) is 5.82 Å². The fourth-order valence-corrected chi connectivity index (χ4v) is 4.78. The van der Waals surface area contributed by atoms with Crippen LogP contribution in [-0.4, -0.2) is 31.4 Å². The minimum atomic E-state index is -0.0799. The summed E-state index contributed by atoms with van der Waals surface area (Å²) in [5, 5.41) is 13.2. The number of carbonyl (C=O) groups is 1. The number of amides is 1. The molecule has 1 amide bonds. The third-order valence-corrected chi connectivity index (χ3v) is 6.37. The number of rotatable bonds is 5. The van der Waals surface area contributed by atoms with Crippen molar-refractivity contribution in [2.24, 2.45) is 0 Å². The summed E-state index contributed by atoms with van der Waals surface area (Å²) in [7, 11) is 0. The highest BCUT2D eigenvalue weighted by Gasteiger charge is 2.15. The third kappa shape index (κ3) is 4.18. The van der Waals surface area contributed by atoms with Crippen molar-refractivity contribution in [3.63, 3.8) is 0 Å². The first-order chi connectivity index (χ1) is 13.9. The number of hydrogen-bond acceptors (Lipinski definition) is 6. The second-order valence-corrected chi connectivity index (χ2v) is 9.08. The number of anilines is 1. The molecule has 1 N–H and O–H groups in total. The third-order valence-electron chi connectivity index (χ3n) is 4.51. The Kier molecular flexibility index (Phi) is 5.38. The van der Waals surface area contributed by atoms with Gasteiger partial charge in [0.15, 0.2) is 5.16 Å². The highest BCUT2D eigenvalue weighted by atomic mass is 32.2. The van der Waals surface area contributed by atoms with Crippen LogP contribution < -0.4 is 5.32 Å². The molecule has 0 aliphatic heterocycles. The van der Waals surface area contributed by atoms with Crippen LogP contribution in [0.25, 0.3) is 15.9 Å². The van der Waals surface area contributed by atoms with Crippen LogP contribution in [0.5, 0.6) is 0 Å². The van der Waals surface area contributed by atoms with E-state index in [9.17, 15) is 4.79 Å². The summed E-state index contributed by atoms with van der Waals surface area (Å²) in [6, 6.07) is 12.1. The molecular formula is C21H21N5OS2. The highest BCUT2D eigenvalue weighted by molar-refractivity contribution is 7.99. The summed E-state index contributed by atoms with van der Waals surface area (Å²) < 4.78 is 3.07. The molecule has 2 aromatic heterocycles. The molecule has 0 saturated carbocycles. The summed E-state index contributed by atoms with van der Waals surface area (Å²) >= 11 is 3.00. The van der Waals surface area contributed by atoms with Gasteiger partial charge in [-0.1, -0.05) is 23.9 Å². The summed E-state index contributed by atoms with van der Waals surface area (Å²) in [5.74, 6) is 0.972. The van der Waals surface area contributed by atoms with E-state index < -0.39 is 0 Å². The lowest BCUT2D eigenvalue weighted by Gasteiger charge is -2.12. The highest BCUT2D eigenvalue weighted by Crippen LogP contribution is 2.27. The Morgan fingerprint density at radius 3 is 2.76 bits per heavy atom. The van der Waals surface area contributed by atoms with E-state index in [1.807, 2.05) is 36.6 Å². The Morgan fingerprint density at radius 2 is 1.93 bits per heavy atom. The first-order valence-corrected chi connectivity index (χ1v) is 11.0. The first kappa shape index (κ1) is 19.6. The smallest absolute Gasteiger partial charge is 0.234 e. The van der Waals surface area contributed by atoms with Crippen LogP contribution >= 0.6 is 23.1 Å². The van der Waals surface area contributed by atoms with E-state index in [1.165, 1.54) is 17.3 Å². The molecule has 4 aromatic rings. The van der Waals surface area contributed by atoms with Crippen LogP contribution in [-0.2, 0) is 4.79 Å². The number of aryl methyl sites for hydroxylation is 4. The van der Waals surface area contributed by atoms with Crippen molar-refractivity contribution < 1.29 is 4.79 Å². The molecule has 0 aliphatic rings. The Labute approximate surface area is 177 Å². The second-order valence-electron chi connectivity index (χ2n) is 6.91. The maximum Gasteiger partial charge on any atom is 0.234 e. The van der Waals surface area contributed by atoms with Crippen LogP contribution in [0.1, 0.15) is 22.0 Å². The van der Waals surface area contributed by atoms with E-state index in [0.717, 1.165) is 38.0 Å². The van der Waals surface area contributed by atoms with Gasteiger partial charge in [-0.2, -0.15) is 0 Å². The lowest BCUT2D eigenvalue weighted by molar-refractivity contribution is -0.113. The number of hydrogen-bond donors (Lipinski definition) is 1. The van der Waals surface area contributed by atoms with Gasteiger partial charge in [0, 0.05) is 5.69 Å². The summed E-state index contributed by atoms with van der Waals surface area (Å²) in [5.41, 5.74) is 5.08. The molecule has 0 unspecified atom stereocenters. The maximum absolute atomic E-state index is 12.5. The molecule has 0 aliphatic carbocycles. The molecule has 2 aromatic carbocycles. The van der Waals surface area contributed by atoms with E-state index >= 15 is 0 Å². The van der Waals surface area contributed by atoms with Crippen LogP contribution in [0, 0.1) is 27.7 Å². The zero-order chi connectivity index (χ0) is 20.5. The molecule has 0 saturated heterocycles. The second kappa shape index (κ2) is 7.96. The number of fused-ring (bicyclic) bond motifs is 1. The first-order valence-electron chi connectivity index (χ1n) is 9.20. The van der Waals surface area contributed by atoms with Gasteiger partial charge in [-0.15, -0.1) is 21.5 Å². The monoisotopic (exact) mass is 423 g/mol. The Hall–Kier alpha value is -2.71. The van der Waals surface area contributed by atoms with E-state index in [-0.39, 0.29) is 11.7 Å². The SMILES string of the molecule is Cc1ccc(C)c(-n2c(C)nnc2SCC(=O)Nc2ccc3nc(C)sc3c2)c1. The van der Waals surface area contributed by atoms with Crippen molar-refractivity contribution in [1.82, 2.24) is 19.7 Å². The van der Waals surface area contributed by atoms with Gasteiger partial charge in [0.05, 0.1) is 26.7 Å². The molecular weight excluding hydrogens is 402 g/mol. The maximum atomic E-state index is 12.5. The van der Waals surface area contributed by atoms with Gasteiger partial charge >= 0.3 is 0 Å². The van der Waals surface area contributed by atoms with Crippen LogP contribution in [0.4, 0.5) is 5.69 Å². The predicted molar refractivity (Wildman–Crippen MR) is 119 cm³/mol. The largest absolute Gasteiger partial charge is 0.325 e. The minimum Gasteiger partial charge on any atom is -0.325 e. The molecule has 8 heteroatoms. The fourth-order valence-electron chi connectivity index (χ4n) is 3.12. The van der Waals surface area contributed by atoms with Crippen molar-refractivity contribution in [2.75, 3.05) is 11.1 Å². The molecule has 2 heterocycles. The number of thioether (sulfide) groups is 1. The zero-order valence-corrected chi connectivity index (χ0v) is 18.3. The molecule has 4 rings (SSSR count). The van der Waals surface area contributed by atoms with Crippen molar-refractivity contribution in [2.45, 2.75) is 32.9 Å². The topological polar surface area (TPSA) is 72.7 Å². The van der Waals surface area contributed by atoms with Gasteiger partial charge in [0.2, 0.25) is 5.91 Å². The fraction of sp³-hybridized carbons (Fsp3) is 0.238. The number of carbonyl (C=O) groups excluding carboxylic acids is 1. The van der Waals surface area contributed by atoms with E-state index in [2.05, 4.69) is 52.5 Å². The van der Waals surface area contributed by atoms with Gasteiger partial charge < -0.3 is 5.32 Å². The van der Waals surface area contributed by atoms with Crippen LogP contribution in [0.2, 0.25) is 0 Å². The summed E-state index contributed by atoms with van der Waals surface area (Å²) in [6.45, 7) is 8.02. The molecule has 0 atom stereocenters. The molecule has 0 radical (unpaired) electrons. The molecule has 29 heavy (non-hydrogen) atoms. The molecule has 6 nitrogen and oxygen atoms in total. The molecule has 0 spiro atoms. The minimum absolute atomic E-state index is 0.0799. The van der Waals surface area contributed by atoms with Gasteiger partial charge in [0.25, 0.3) is 0 Å². The Morgan fingerprint density at radius 1 is 1.10 bits per heavy atom. The quantitative estimate of drug-likeness (QED) is 0.465. The summed E-state index contributed by atoms with van der Waals surface area (Å²) in [4.78, 5) is 16.9. The molecule has 0 fully saturated rings. The predicted octanol–water partition coefficient (Wildman–Crippen LogP) is 4.84. The van der Waals surface area contributed by atoms with Crippen molar-refractivity contribution in [3.05, 3.63) is 58.4 Å². The standard InChI is InChI=1S/C21H21N5OS2/c1-12-5-6-13(2)18(9-12)26-14(3)24-25-21(26)28-11-20(27)23-16-7-8-17-19(10-16)29-15(4)22-17/h5-10H,11H2,1-4H3,(H,23,27). The van der Waals surface area contributed by atoms with Crippen LogP contribution in [0.3, 0.4) is 0 Å². The average molecular weight is 424 g/mol. The molecule has 148 valence electrons. The normalized spacial score (nSPS) is 11.2. The number of aromatic nitrogens is 4.